The lowest BCUT2D eigenvalue weighted by Crippen LogP contribution is -2.50. The maximum absolute atomic E-state index is 15.3. The summed E-state index contributed by atoms with van der Waals surface area (Å²) >= 11 is 0. The third-order valence-corrected chi connectivity index (χ3v) is 13.0. The van der Waals surface area contributed by atoms with E-state index in [1.165, 1.54) is 24.3 Å². The van der Waals surface area contributed by atoms with Gasteiger partial charge in [0.1, 0.15) is 35.8 Å². The summed E-state index contributed by atoms with van der Waals surface area (Å²) in [6, 6.07) is 8.48. The summed E-state index contributed by atoms with van der Waals surface area (Å²) in [6.07, 6.45) is 2.64. The minimum absolute atomic E-state index is 0.0321. The van der Waals surface area contributed by atoms with Gasteiger partial charge < -0.3 is 24.2 Å². The molecule has 3 aliphatic heterocycles. The molecule has 6 aromatic rings. The monoisotopic (exact) mass is 930 g/mol. The summed E-state index contributed by atoms with van der Waals surface area (Å²) in [5.74, 6) is -22.1. The lowest BCUT2D eigenvalue weighted by molar-refractivity contribution is -0.957. The fourth-order valence-electron chi connectivity index (χ4n) is 9.86. The zero-order valence-corrected chi connectivity index (χ0v) is 34.4. The molecule has 0 radical (unpaired) electrons. The fraction of sp³-hybridized carbons (Fsp3) is 0.265. The van der Waals surface area contributed by atoms with Gasteiger partial charge in [-0.05, 0) is 115 Å². The number of piperidine rings is 1. The average Bonchev–Trinajstić information content (AvgIpc) is 3.43. The van der Waals surface area contributed by atoms with Crippen molar-refractivity contribution in [3.63, 3.8) is 0 Å². The highest BCUT2D eigenvalue weighted by atomic mass is 19.2. The van der Waals surface area contributed by atoms with Gasteiger partial charge in [0, 0.05) is 33.4 Å². The van der Waals surface area contributed by atoms with Gasteiger partial charge in [-0.15, -0.1) is 0 Å². The first-order valence-corrected chi connectivity index (χ1v) is 20.9. The van der Waals surface area contributed by atoms with E-state index in [2.05, 4.69) is 0 Å². The van der Waals surface area contributed by atoms with Crippen LogP contribution in [0.15, 0.2) is 72.8 Å². The Balaban J connectivity index is 1.46. The highest BCUT2D eigenvalue weighted by molar-refractivity contribution is 5.85. The molecule has 6 aromatic carbocycles. The normalized spacial score (nSPS) is 16.0. The minimum atomic E-state index is -3.04. The van der Waals surface area contributed by atoms with Crippen LogP contribution in [0.25, 0.3) is 11.1 Å². The molecule has 66 heavy (non-hydrogen) atoms. The van der Waals surface area contributed by atoms with Crippen molar-refractivity contribution in [2.24, 2.45) is 0 Å². The first kappa shape index (κ1) is 45.1. The van der Waals surface area contributed by atoms with Gasteiger partial charge in [-0.2, -0.15) is 0 Å². The highest BCUT2D eigenvalue weighted by Gasteiger charge is 2.48. The molecule has 3 aliphatic rings. The number of hydrogen-bond donors (Lipinski definition) is 2. The molecule has 0 atom stereocenters. The molecule has 3 heterocycles. The molecule has 17 heteroatoms. The van der Waals surface area contributed by atoms with E-state index in [-0.39, 0.29) is 75.7 Å². The summed E-state index contributed by atoms with van der Waals surface area (Å²) in [5, 5.41) is 26.4. The number of quaternary nitrogens is 1. The third kappa shape index (κ3) is 7.26. The zero-order chi connectivity index (χ0) is 47.0. The van der Waals surface area contributed by atoms with E-state index in [1.54, 1.807) is 0 Å². The summed E-state index contributed by atoms with van der Waals surface area (Å²) in [6.45, 7) is 0.383. The van der Waals surface area contributed by atoms with Crippen LogP contribution in [0, 0.1) is 69.8 Å². The molecule has 1 saturated heterocycles. The second-order valence-corrected chi connectivity index (χ2v) is 16.9. The molecule has 0 amide bonds. The molecule has 344 valence electrons. The number of nitrogens with zero attached hydrogens (tertiary/aromatic N) is 1. The summed E-state index contributed by atoms with van der Waals surface area (Å²) in [4.78, 5) is 0. The molecule has 5 nitrogen and oxygen atoms in total. The van der Waals surface area contributed by atoms with Crippen LogP contribution in [0.5, 0.6) is 11.5 Å². The molecule has 0 aromatic heterocycles. The van der Waals surface area contributed by atoms with Gasteiger partial charge in [-0.3, -0.25) is 0 Å². The Morgan fingerprint density at radius 3 is 0.970 bits per heavy atom. The van der Waals surface area contributed by atoms with Crippen molar-refractivity contribution in [3.05, 3.63) is 187 Å². The quantitative estimate of drug-likeness (QED) is 0.0756. The topological polar surface area (TPSA) is 58.9 Å². The van der Waals surface area contributed by atoms with Crippen LogP contribution in [0.4, 0.5) is 52.7 Å². The predicted molar refractivity (Wildman–Crippen MR) is 213 cm³/mol. The van der Waals surface area contributed by atoms with Gasteiger partial charge in [0.05, 0.1) is 26.3 Å². The standard InChI is InChI=1S/C49H36F12NO4/c50-32-14-24(15-33(51)44(32)58)48(63,25-16-34(52)45(59)35(53)17-25)30-6-8-40-42-28(30)22-62(10-2-1-3-11-62)23-29-31(7-9-41(43(29)42)66-13-5-4-12-65-40)49(64,26-18-36(54)46(60)37(55)19-26)27-20-38(56)47(61)39(57)21-27/h6-9,14-21,63-64H,1-5,10-13,22-23H2/q+1. The first-order valence-electron chi connectivity index (χ1n) is 20.9. The maximum Gasteiger partial charge on any atom is 0.194 e. The van der Waals surface area contributed by atoms with Gasteiger partial charge in [-0.1, -0.05) is 12.1 Å². The van der Waals surface area contributed by atoms with Crippen LogP contribution in [0.1, 0.15) is 76.6 Å². The number of hydrogen-bond acceptors (Lipinski definition) is 4. The van der Waals surface area contributed by atoms with Crippen LogP contribution in [-0.2, 0) is 24.3 Å². The van der Waals surface area contributed by atoms with Crippen molar-refractivity contribution in [2.75, 3.05) is 26.3 Å². The minimum Gasteiger partial charge on any atom is -0.493 e. The molecular weight excluding hydrogens is 895 g/mol. The molecule has 2 N–H and O–H groups in total. The summed E-state index contributed by atoms with van der Waals surface area (Å²) in [5.41, 5.74) is -9.59. The Hall–Kier alpha value is -6.04. The van der Waals surface area contributed by atoms with Crippen molar-refractivity contribution in [3.8, 4) is 22.6 Å². The lowest BCUT2D eigenvalue weighted by atomic mass is 9.74. The smallest absolute Gasteiger partial charge is 0.194 e. The first-order chi connectivity index (χ1) is 31.4. The van der Waals surface area contributed by atoms with E-state index in [1.807, 2.05) is 0 Å². The molecular formula is C49H36F12NO4+. The number of aliphatic hydroxyl groups is 2. The van der Waals surface area contributed by atoms with Crippen molar-refractivity contribution in [1.82, 2.24) is 0 Å². The SMILES string of the molecule is OC(c1cc(F)c(F)c(F)c1)(c1cc(F)c(F)c(F)c1)c1ccc2c3c1C[N+]1(CCCCC1)Cc1c(C(O)(c4cc(F)c(F)c(F)c4)c4cc(F)c(F)c(F)c4)ccc(c1-3)OCCCCO2. The van der Waals surface area contributed by atoms with Crippen LogP contribution in [0.2, 0.25) is 0 Å². The van der Waals surface area contributed by atoms with Crippen molar-refractivity contribution in [2.45, 2.75) is 56.4 Å². The highest BCUT2D eigenvalue weighted by Crippen LogP contribution is 2.55. The molecule has 0 bridgehead atoms. The fourth-order valence-corrected chi connectivity index (χ4v) is 9.86. The van der Waals surface area contributed by atoms with E-state index >= 15 is 35.1 Å². The van der Waals surface area contributed by atoms with Gasteiger partial charge in [0.2, 0.25) is 0 Å². The second kappa shape index (κ2) is 16.7. The predicted octanol–water partition coefficient (Wildman–Crippen LogP) is 11.2. The number of halogens is 12. The molecule has 0 saturated carbocycles. The Morgan fingerprint density at radius 2 is 0.682 bits per heavy atom. The second-order valence-electron chi connectivity index (χ2n) is 16.9. The maximum atomic E-state index is 15.3. The third-order valence-electron chi connectivity index (χ3n) is 13.0. The van der Waals surface area contributed by atoms with Gasteiger partial charge in [0.25, 0.3) is 0 Å². The van der Waals surface area contributed by atoms with Crippen molar-refractivity contribution < 1.29 is 76.9 Å². The lowest BCUT2D eigenvalue weighted by Gasteiger charge is -2.43. The van der Waals surface area contributed by atoms with Gasteiger partial charge in [0.15, 0.2) is 69.8 Å². The Morgan fingerprint density at radius 1 is 0.394 bits per heavy atom. The average molecular weight is 931 g/mol. The van der Waals surface area contributed by atoms with Crippen molar-refractivity contribution in [1.29, 1.82) is 0 Å². The Labute approximate surface area is 368 Å². The summed E-state index contributed by atoms with van der Waals surface area (Å²) < 4.78 is 193. The van der Waals surface area contributed by atoms with Crippen molar-refractivity contribution >= 4 is 0 Å². The Kier molecular flexibility index (Phi) is 11.4. The van der Waals surface area contributed by atoms with Crippen LogP contribution >= 0.6 is 0 Å². The molecule has 0 unspecified atom stereocenters. The van der Waals surface area contributed by atoms with Crippen LogP contribution in [-0.4, -0.2) is 41.0 Å². The largest absolute Gasteiger partial charge is 0.493 e. The van der Waals surface area contributed by atoms with E-state index < -0.39 is 103 Å². The van der Waals surface area contributed by atoms with Crippen LogP contribution < -0.4 is 9.47 Å². The van der Waals surface area contributed by atoms with E-state index in [0.717, 1.165) is 0 Å². The number of benzene rings is 6. The van der Waals surface area contributed by atoms with E-state index in [9.17, 15) is 27.8 Å². The summed E-state index contributed by atoms with van der Waals surface area (Å²) in [7, 11) is 0. The van der Waals surface area contributed by atoms with Gasteiger partial charge in [-0.25, -0.2) is 52.7 Å². The number of ether oxygens (including phenoxy) is 2. The Bertz CT molecular complexity index is 2560. The molecule has 0 aliphatic carbocycles. The van der Waals surface area contributed by atoms with Gasteiger partial charge >= 0.3 is 0 Å². The molecule has 9 rings (SSSR count). The number of rotatable bonds is 6. The van der Waals surface area contributed by atoms with E-state index in [0.29, 0.717) is 93.7 Å². The molecule has 1 fully saturated rings. The van der Waals surface area contributed by atoms with E-state index in [4.69, 9.17) is 9.47 Å². The molecule has 1 spiro atoms. The zero-order valence-electron chi connectivity index (χ0n) is 34.4. The van der Waals surface area contributed by atoms with Crippen LogP contribution in [0.3, 0.4) is 0 Å².